The third-order valence-corrected chi connectivity index (χ3v) is 4.71. The monoisotopic (exact) mass is 299 g/mol. The lowest BCUT2D eigenvalue weighted by Gasteiger charge is -2.27. The van der Waals surface area contributed by atoms with Gasteiger partial charge in [-0.2, -0.15) is 0 Å². The molecule has 19 heavy (non-hydrogen) atoms. The van der Waals surface area contributed by atoms with E-state index in [1.807, 2.05) is 17.8 Å². The number of rotatable bonds is 5. The zero-order chi connectivity index (χ0) is 13.8. The number of halogens is 1. The van der Waals surface area contributed by atoms with Gasteiger partial charge >= 0.3 is 0 Å². The highest BCUT2D eigenvalue weighted by Crippen LogP contribution is 2.37. The largest absolute Gasteiger partial charge is 0.392 e. The van der Waals surface area contributed by atoms with E-state index < -0.39 is 0 Å². The van der Waals surface area contributed by atoms with E-state index in [1.54, 1.807) is 0 Å². The molecule has 4 heteroatoms. The summed E-state index contributed by atoms with van der Waals surface area (Å²) in [7, 11) is 0. The smallest absolute Gasteiger partial charge is 0.0667 e. The predicted molar refractivity (Wildman–Crippen MR) is 83.0 cm³/mol. The minimum Gasteiger partial charge on any atom is -0.392 e. The summed E-state index contributed by atoms with van der Waals surface area (Å²) in [4.78, 5) is 1.31. The number of aliphatic hydroxyl groups is 1. The Morgan fingerprint density at radius 2 is 2.26 bits per heavy atom. The van der Waals surface area contributed by atoms with E-state index in [1.165, 1.54) is 10.5 Å². The van der Waals surface area contributed by atoms with Gasteiger partial charge in [0.25, 0.3) is 0 Å². The van der Waals surface area contributed by atoms with Crippen molar-refractivity contribution in [1.82, 2.24) is 5.32 Å². The molecule has 2 nitrogen and oxygen atoms in total. The van der Waals surface area contributed by atoms with Crippen molar-refractivity contribution in [2.45, 2.75) is 43.7 Å². The summed E-state index contributed by atoms with van der Waals surface area (Å²) in [5.41, 5.74) is 1.28. The first-order chi connectivity index (χ1) is 9.06. The summed E-state index contributed by atoms with van der Waals surface area (Å²) in [5, 5.41) is 14.2. The van der Waals surface area contributed by atoms with Gasteiger partial charge in [-0.15, -0.1) is 11.8 Å². The Balaban J connectivity index is 1.97. The minimum absolute atomic E-state index is 0.266. The Kier molecular flexibility index (Phi) is 5.58. The van der Waals surface area contributed by atoms with Gasteiger partial charge in [-0.1, -0.05) is 25.4 Å². The molecule has 106 valence electrons. The molecule has 0 saturated heterocycles. The molecule has 1 aliphatic heterocycles. The van der Waals surface area contributed by atoms with Crippen LogP contribution in [0.2, 0.25) is 5.02 Å². The highest BCUT2D eigenvalue weighted by molar-refractivity contribution is 7.99. The van der Waals surface area contributed by atoms with Crippen molar-refractivity contribution in [3.63, 3.8) is 0 Å². The molecule has 1 heterocycles. The summed E-state index contributed by atoms with van der Waals surface area (Å²) in [5.74, 6) is 1.65. The van der Waals surface area contributed by atoms with Crippen LogP contribution in [-0.4, -0.2) is 23.5 Å². The molecule has 0 amide bonds. The van der Waals surface area contributed by atoms with Crippen LogP contribution >= 0.6 is 23.4 Å². The maximum atomic E-state index is 9.96. The molecule has 2 N–H and O–H groups in total. The van der Waals surface area contributed by atoms with Gasteiger partial charge in [0.2, 0.25) is 0 Å². The Labute approximate surface area is 124 Å². The summed E-state index contributed by atoms with van der Waals surface area (Å²) in [6.45, 7) is 4.92. The van der Waals surface area contributed by atoms with Crippen molar-refractivity contribution >= 4 is 23.4 Å². The average Bonchev–Trinajstić information content (AvgIpc) is 2.35. The molecule has 1 aromatic carbocycles. The van der Waals surface area contributed by atoms with Crippen LogP contribution in [0.3, 0.4) is 0 Å². The van der Waals surface area contributed by atoms with Gasteiger partial charge in [0.15, 0.2) is 0 Å². The predicted octanol–water partition coefficient (Wildman–Crippen LogP) is 3.87. The van der Waals surface area contributed by atoms with Crippen molar-refractivity contribution in [3.8, 4) is 0 Å². The highest BCUT2D eigenvalue weighted by Gasteiger charge is 2.21. The zero-order valence-electron chi connectivity index (χ0n) is 11.5. The molecule has 0 fully saturated rings. The molecule has 0 aromatic heterocycles. The van der Waals surface area contributed by atoms with Crippen LogP contribution in [0.5, 0.6) is 0 Å². The van der Waals surface area contributed by atoms with Crippen LogP contribution in [0.25, 0.3) is 0 Å². The average molecular weight is 300 g/mol. The molecule has 1 aromatic rings. The van der Waals surface area contributed by atoms with E-state index in [0.29, 0.717) is 18.5 Å². The molecule has 2 unspecified atom stereocenters. The summed E-state index contributed by atoms with van der Waals surface area (Å²) in [6, 6.07) is 6.41. The van der Waals surface area contributed by atoms with Crippen molar-refractivity contribution in [3.05, 3.63) is 28.8 Å². The Morgan fingerprint density at radius 3 is 3.00 bits per heavy atom. The second kappa shape index (κ2) is 6.98. The third kappa shape index (κ3) is 4.38. The van der Waals surface area contributed by atoms with Gasteiger partial charge in [0, 0.05) is 22.5 Å². The molecule has 2 atom stereocenters. The standard InChI is InChI=1S/C15H22ClNOS/c1-10(2)7-12(18)9-17-14-5-6-19-15-4-3-11(16)8-13(14)15/h3-4,8,10,12,14,17-18H,5-7,9H2,1-2H3. The van der Waals surface area contributed by atoms with Crippen molar-refractivity contribution < 1.29 is 5.11 Å². The summed E-state index contributed by atoms with van der Waals surface area (Å²) < 4.78 is 0. The maximum absolute atomic E-state index is 9.96. The first-order valence-corrected chi connectivity index (χ1v) is 8.26. The quantitative estimate of drug-likeness (QED) is 0.865. The highest BCUT2D eigenvalue weighted by atomic mass is 35.5. The number of thioether (sulfide) groups is 1. The molecule has 0 bridgehead atoms. The van der Waals surface area contributed by atoms with Crippen LogP contribution in [0.4, 0.5) is 0 Å². The fraction of sp³-hybridized carbons (Fsp3) is 0.600. The minimum atomic E-state index is -0.266. The second-order valence-corrected chi connectivity index (χ2v) is 7.14. The van der Waals surface area contributed by atoms with E-state index in [2.05, 4.69) is 31.3 Å². The molecule has 0 radical (unpaired) electrons. The lowest BCUT2D eigenvalue weighted by Crippen LogP contribution is -2.32. The van der Waals surface area contributed by atoms with E-state index in [4.69, 9.17) is 11.6 Å². The van der Waals surface area contributed by atoms with Crippen molar-refractivity contribution in [2.75, 3.05) is 12.3 Å². The normalized spacial score (nSPS) is 20.4. The zero-order valence-corrected chi connectivity index (χ0v) is 13.1. The van der Waals surface area contributed by atoms with Crippen LogP contribution < -0.4 is 5.32 Å². The summed E-state index contributed by atoms with van der Waals surface area (Å²) in [6.07, 6.45) is 1.67. The number of hydrogen-bond acceptors (Lipinski definition) is 3. The number of nitrogens with one attached hydrogen (secondary N) is 1. The van der Waals surface area contributed by atoms with Gasteiger partial charge in [-0.3, -0.25) is 0 Å². The van der Waals surface area contributed by atoms with Gasteiger partial charge < -0.3 is 10.4 Å². The van der Waals surface area contributed by atoms with E-state index in [0.717, 1.165) is 23.6 Å². The van der Waals surface area contributed by atoms with Crippen molar-refractivity contribution in [2.24, 2.45) is 5.92 Å². The van der Waals surface area contributed by atoms with E-state index in [-0.39, 0.29) is 6.10 Å². The SMILES string of the molecule is CC(C)CC(O)CNC1CCSc2ccc(Cl)cc21. The number of hydrogen-bond donors (Lipinski definition) is 2. The second-order valence-electron chi connectivity index (χ2n) is 5.56. The van der Waals surface area contributed by atoms with Crippen LogP contribution in [0.1, 0.15) is 38.3 Å². The first kappa shape index (κ1) is 15.2. The molecule has 2 rings (SSSR count). The molecule has 1 aliphatic rings. The molecular weight excluding hydrogens is 278 g/mol. The number of fused-ring (bicyclic) bond motifs is 1. The molecule has 0 spiro atoms. The topological polar surface area (TPSA) is 32.3 Å². The van der Waals surface area contributed by atoms with Gasteiger partial charge in [0.05, 0.1) is 6.10 Å². The first-order valence-electron chi connectivity index (χ1n) is 6.90. The van der Waals surface area contributed by atoms with Gasteiger partial charge in [-0.25, -0.2) is 0 Å². The Bertz CT molecular complexity index is 425. The molecule has 0 saturated carbocycles. The van der Waals surface area contributed by atoms with Gasteiger partial charge in [-0.05, 0) is 48.3 Å². The number of benzene rings is 1. The lowest BCUT2D eigenvalue weighted by molar-refractivity contribution is 0.142. The summed E-state index contributed by atoms with van der Waals surface area (Å²) >= 11 is 7.97. The fourth-order valence-electron chi connectivity index (χ4n) is 2.48. The lowest BCUT2D eigenvalue weighted by atomic mass is 10.0. The van der Waals surface area contributed by atoms with Crippen LogP contribution in [-0.2, 0) is 0 Å². The van der Waals surface area contributed by atoms with Gasteiger partial charge in [0.1, 0.15) is 0 Å². The van der Waals surface area contributed by atoms with Crippen LogP contribution in [0, 0.1) is 5.92 Å². The van der Waals surface area contributed by atoms with Crippen LogP contribution in [0.15, 0.2) is 23.1 Å². The molecular formula is C15H22ClNOS. The van der Waals surface area contributed by atoms with Crippen molar-refractivity contribution in [1.29, 1.82) is 0 Å². The van der Waals surface area contributed by atoms with E-state index >= 15 is 0 Å². The number of aliphatic hydroxyl groups excluding tert-OH is 1. The van der Waals surface area contributed by atoms with E-state index in [9.17, 15) is 5.11 Å². The Morgan fingerprint density at radius 1 is 1.47 bits per heavy atom. The molecule has 0 aliphatic carbocycles. The third-order valence-electron chi connectivity index (χ3n) is 3.35. The Hall–Kier alpha value is -0.220. The fourth-order valence-corrected chi connectivity index (χ4v) is 3.77. The maximum Gasteiger partial charge on any atom is 0.0667 e.